The third-order valence-corrected chi connectivity index (χ3v) is 10.9. The summed E-state index contributed by atoms with van der Waals surface area (Å²) in [5.74, 6) is -1.45. The van der Waals surface area contributed by atoms with Crippen molar-refractivity contribution < 1.29 is 23.9 Å². The second kappa shape index (κ2) is 17.1. The number of carbonyl (C=O) groups is 4. The van der Waals surface area contributed by atoms with Gasteiger partial charge in [0.15, 0.2) is 18.0 Å². The van der Waals surface area contributed by atoms with Crippen LogP contribution in [0, 0.1) is 0 Å². The predicted molar refractivity (Wildman–Crippen MR) is 222 cm³/mol. The van der Waals surface area contributed by atoms with E-state index in [4.69, 9.17) is 39.5 Å². The number of hydrazone groups is 1. The Kier molecular flexibility index (Phi) is 12.9. The fourth-order valence-corrected chi connectivity index (χ4v) is 7.00. The molecular formula is C41H46Cl3N7O5. The third kappa shape index (κ3) is 9.20. The van der Waals surface area contributed by atoms with Gasteiger partial charge in [-0.25, -0.2) is 0 Å². The molecule has 0 spiro atoms. The van der Waals surface area contributed by atoms with Crippen LogP contribution in [0.25, 0.3) is 0 Å². The normalized spacial score (nSPS) is 15.0. The molecule has 0 radical (unpaired) electrons. The molecule has 1 aromatic heterocycles. The monoisotopic (exact) mass is 821 g/mol. The van der Waals surface area contributed by atoms with Gasteiger partial charge in [-0.2, -0.15) is 10.1 Å². The van der Waals surface area contributed by atoms with Crippen molar-refractivity contribution in [2.24, 2.45) is 5.10 Å². The van der Waals surface area contributed by atoms with E-state index in [0.29, 0.717) is 23.5 Å². The summed E-state index contributed by atoms with van der Waals surface area (Å²) >= 11 is 19.0. The molecule has 0 aliphatic carbocycles. The highest BCUT2D eigenvalue weighted by molar-refractivity contribution is 6.43. The van der Waals surface area contributed by atoms with Gasteiger partial charge >= 0.3 is 0 Å². The van der Waals surface area contributed by atoms with Crippen LogP contribution in [-0.2, 0) is 25.2 Å². The number of nitrogens with one attached hydrogen (secondary N) is 3. The second-order valence-corrected chi connectivity index (χ2v) is 16.1. The fraction of sp³-hybridized carbons (Fsp3) is 0.366. The van der Waals surface area contributed by atoms with Gasteiger partial charge in [-0.15, -0.1) is 5.10 Å². The standard InChI is InChI=1S/C41H46Cl3N7O5/c1-9-32(56-33-16-15-25(40(5,6)10-2)18-29(33)41(7,8)11-3)38(54)47-27-14-12-13-24(17-27)37(53)48-36-35(50-22-28(21-45-50)46-23(4)52)39(55)51(49-36)34-30(43)19-26(42)20-31(34)44/h12-22,32,35H,9-11H2,1-8H3,(H,46,52)(H,47,54)(H,48,49,53). The van der Waals surface area contributed by atoms with E-state index in [0.717, 1.165) is 23.4 Å². The van der Waals surface area contributed by atoms with Gasteiger partial charge in [0, 0.05) is 35.0 Å². The highest BCUT2D eigenvalue weighted by atomic mass is 35.5. The molecule has 56 heavy (non-hydrogen) atoms. The van der Waals surface area contributed by atoms with Crippen LogP contribution in [0.5, 0.6) is 5.75 Å². The first-order chi connectivity index (χ1) is 26.4. The van der Waals surface area contributed by atoms with Gasteiger partial charge in [-0.1, -0.05) is 101 Å². The SMILES string of the molecule is CCC(Oc1ccc(C(C)(C)CC)cc1C(C)(C)CC)C(=O)Nc1cccc(C(=O)NC2=NN(c3c(Cl)cc(Cl)cc3Cl)C(=O)C2n2cc(NC(C)=O)cn2)c1. The molecule has 3 N–H and O–H groups in total. The molecule has 0 fully saturated rings. The number of halogens is 3. The molecular weight excluding hydrogens is 777 g/mol. The Labute approximate surface area is 341 Å². The summed E-state index contributed by atoms with van der Waals surface area (Å²) in [7, 11) is 0. The second-order valence-electron chi connectivity index (χ2n) is 14.9. The van der Waals surface area contributed by atoms with Crippen molar-refractivity contribution >= 4 is 81.3 Å². The number of nitrogens with zero attached hydrogens (tertiary/aromatic N) is 4. The zero-order valence-corrected chi connectivity index (χ0v) is 34.9. The van der Waals surface area contributed by atoms with Gasteiger partial charge in [0.25, 0.3) is 17.7 Å². The van der Waals surface area contributed by atoms with Crippen molar-refractivity contribution in [2.45, 2.75) is 97.6 Å². The largest absolute Gasteiger partial charge is 0.480 e. The summed E-state index contributed by atoms with van der Waals surface area (Å²) in [6.45, 7) is 16.3. The first-order valence-corrected chi connectivity index (χ1v) is 19.4. The molecule has 0 saturated heterocycles. The van der Waals surface area contributed by atoms with E-state index in [1.807, 2.05) is 13.0 Å². The molecule has 0 saturated carbocycles. The van der Waals surface area contributed by atoms with E-state index >= 15 is 0 Å². The zero-order valence-electron chi connectivity index (χ0n) is 32.6. The summed E-state index contributed by atoms with van der Waals surface area (Å²) < 4.78 is 7.69. The van der Waals surface area contributed by atoms with E-state index in [1.54, 1.807) is 18.2 Å². The van der Waals surface area contributed by atoms with Crippen LogP contribution in [0.2, 0.25) is 15.1 Å². The Bertz CT molecular complexity index is 2180. The van der Waals surface area contributed by atoms with Crippen LogP contribution in [0.15, 0.2) is 72.1 Å². The van der Waals surface area contributed by atoms with Gasteiger partial charge in [-0.3, -0.25) is 23.9 Å². The van der Waals surface area contributed by atoms with Crippen molar-refractivity contribution in [3.63, 3.8) is 0 Å². The topological polar surface area (TPSA) is 147 Å². The van der Waals surface area contributed by atoms with E-state index in [1.165, 1.54) is 47.8 Å². The molecule has 5 rings (SSSR count). The Balaban J connectivity index is 1.39. The lowest BCUT2D eigenvalue weighted by Gasteiger charge is -2.31. The summed E-state index contributed by atoms with van der Waals surface area (Å²) in [6.07, 6.45) is 4.20. The summed E-state index contributed by atoms with van der Waals surface area (Å²) in [5, 5.41) is 18.2. The first kappa shape index (κ1) is 42.2. The van der Waals surface area contributed by atoms with E-state index in [9.17, 15) is 19.2 Å². The van der Waals surface area contributed by atoms with Crippen LogP contribution in [-0.4, -0.2) is 45.3 Å². The average molecular weight is 823 g/mol. The number of hydrogen-bond acceptors (Lipinski definition) is 7. The van der Waals surface area contributed by atoms with E-state index < -0.39 is 24.0 Å². The minimum Gasteiger partial charge on any atom is -0.480 e. The zero-order chi connectivity index (χ0) is 41.1. The molecule has 2 atom stereocenters. The minimum atomic E-state index is -1.28. The number of carbonyl (C=O) groups excluding carboxylic acids is 4. The predicted octanol–water partition coefficient (Wildman–Crippen LogP) is 9.30. The van der Waals surface area contributed by atoms with Crippen LogP contribution < -0.4 is 25.7 Å². The summed E-state index contributed by atoms with van der Waals surface area (Å²) in [6, 6.07) is 14.1. The lowest BCUT2D eigenvalue weighted by molar-refractivity contribution is -0.123. The maximum absolute atomic E-state index is 13.9. The quantitative estimate of drug-likeness (QED) is 0.123. The molecule has 296 valence electrons. The van der Waals surface area contributed by atoms with Crippen LogP contribution in [0.1, 0.15) is 102 Å². The molecule has 3 aromatic carbocycles. The van der Waals surface area contributed by atoms with Crippen molar-refractivity contribution in [3.8, 4) is 5.75 Å². The van der Waals surface area contributed by atoms with Gasteiger partial charge in [0.2, 0.25) is 5.91 Å². The molecule has 0 bridgehead atoms. The van der Waals surface area contributed by atoms with Gasteiger partial charge in [0.1, 0.15) is 11.4 Å². The van der Waals surface area contributed by atoms with Gasteiger partial charge < -0.3 is 20.7 Å². The molecule has 4 aromatic rings. The minimum absolute atomic E-state index is 0.0231. The van der Waals surface area contributed by atoms with Crippen molar-refractivity contribution in [3.05, 3.63) is 98.7 Å². The first-order valence-electron chi connectivity index (χ1n) is 18.3. The molecule has 2 unspecified atom stereocenters. The number of ether oxygens (including phenoxy) is 1. The number of anilines is 3. The molecule has 15 heteroatoms. The number of hydrogen-bond donors (Lipinski definition) is 3. The van der Waals surface area contributed by atoms with E-state index in [-0.39, 0.29) is 54.8 Å². The average Bonchev–Trinajstić information content (AvgIpc) is 3.72. The smallest absolute Gasteiger partial charge is 0.280 e. The molecule has 12 nitrogen and oxygen atoms in total. The Morgan fingerprint density at radius 2 is 1.55 bits per heavy atom. The molecule has 2 heterocycles. The van der Waals surface area contributed by atoms with Crippen molar-refractivity contribution in [1.29, 1.82) is 0 Å². The maximum atomic E-state index is 13.9. The molecule has 4 amide bonds. The van der Waals surface area contributed by atoms with Crippen molar-refractivity contribution in [2.75, 3.05) is 15.6 Å². The maximum Gasteiger partial charge on any atom is 0.280 e. The lowest BCUT2D eigenvalue weighted by Crippen LogP contribution is -2.38. The number of amides is 4. The Hall–Kier alpha value is -4.91. The fourth-order valence-electron chi connectivity index (χ4n) is 6.02. The third-order valence-electron chi connectivity index (χ3n) is 10.1. The van der Waals surface area contributed by atoms with Gasteiger partial charge in [0.05, 0.1) is 21.9 Å². The Morgan fingerprint density at radius 1 is 0.875 bits per heavy atom. The van der Waals surface area contributed by atoms with Crippen molar-refractivity contribution in [1.82, 2.24) is 15.1 Å². The number of benzene rings is 3. The molecule has 1 aliphatic heterocycles. The highest BCUT2D eigenvalue weighted by Crippen LogP contribution is 2.41. The summed E-state index contributed by atoms with van der Waals surface area (Å²) in [5.41, 5.74) is 2.91. The van der Waals surface area contributed by atoms with E-state index in [2.05, 4.69) is 79.8 Å². The van der Waals surface area contributed by atoms with Crippen LogP contribution >= 0.6 is 34.8 Å². The summed E-state index contributed by atoms with van der Waals surface area (Å²) in [4.78, 5) is 53.1. The Morgan fingerprint density at radius 3 is 2.18 bits per heavy atom. The number of aromatic nitrogens is 2. The lowest BCUT2D eigenvalue weighted by atomic mass is 9.76. The van der Waals surface area contributed by atoms with Gasteiger partial charge in [-0.05, 0) is 72.1 Å². The van der Waals surface area contributed by atoms with Crippen LogP contribution in [0.3, 0.4) is 0 Å². The number of amidine groups is 1. The highest BCUT2D eigenvalue weighted by Gasteiger charge is 2.41. The molecule has 1 aliphatic rings. The number of rotatable bonds is 13. The van der Waals surface area contributed by atoms with Crippen LogP contribution in [0.4, 0.5) is 17.1 Å².